The van der Waals surface area contributed by atoms with E-state index in [1.165, 1.54) is 13.0 Å². The number of nitrogens with one attached hydrogen (secondary N) is 3. The number of ether oxygens (including phenoxy) is 5. The number of rotatable bonds is 9. The highest BCUT2D eigenvalue weighted by molar-refractivity contribution is 7.80. The number of carbonyl (C=O) groups excluding carboxylic acids is 1. The minimum atomic E-state index is -2.27. The van der Waals surface area contributed by atoms with E-state index in [9.17, 15) is 66.1 Å². The summed E-state index contributed by atoms with van der Waals surface area (Å²) < 4.78 is 28.1. The molecule has 280 valence electrons. The smallest absolute Gasteiger partial charge is 0.282 e. The summed E-state index contributed by atoms with van der Waals surface area (Å²) in [5.41, 5.74) is -2.25. The van der Waals surface area contributed by atoms with Gasteiger partial charge in [-0.1, -0.05) is 6.08 Å². The molecule has 1 spiro atoms. The third-order valence-corrected chi connectivity index (χ3v) is 9.65. The summed E-state index contributed by atoms with van der Waals surface area (Å²) in [6, 6.07) is -2.19. The van der Waals surface area contributed by atoms with Gasteiger partial charge in [-0.3, -0.25) is 10.1 Å². The number of aliphatic hydroxyl groups is 12. The van der Waals surface area contributed by atoms with Crippen molar-refractivity contribution < 1.29 is 89.8 Å². The average molecular weight is 730 g/mol. The predicted molar refractivity (Wildman–Crippen MR) is 158 cm³/mol. The molecule has 21 nitrogen and oxygen atoms in total. The fraction of sp³-hybridized carbons (Fsp3) is 0.852. The van der Waals surface area contributed by atoms with Crippen molar-refractivity contribution in [1.82, 2.24) is 16.0 Å². The first-order valence-corrected chi connectivity index (χ1v) is 15.9. The van der Waals surface area contributed by atoms with Crippen LogP contribution in [0.5, 0.6) is 0 Å². The largest absolute Gasteiger partial charge is 0.394 e. The molecule has 4 heterocycles. The summed E-state index contributed by atoms with van der Waals surface area (Å²) in [6.45, 7) is -0.664. The Balaban J connectivity index is 1.21. The molecule has 0 bridgehead atoms. The Morgan fingerprint density at radius 3 is 2.14 bits per heavy atom. The number of hydrogen-bond donors (Lipinski definition) is 15. The molecule has 0 unspecified atom stereocenters. The zero-order valence-corrected chi connectivity index (χ0v) is 26.6. The Hall–Kier alpha value is -1.62. The monoisotopic (exact) mass is 729 g/mol. The molecule has 0 radical (unpaired) electrons. The highest BCUT2D eigenvalue weighted by atomic mass is 32.1. The van der Waals surface area contributed by atoms with Crippen LogP contribution in [0.2, 0.25) is 0 Å². The number of carbonyl (C=O) groups is 1. The molecular formula is C27H43N3O18S. The SMILES string of the molecule is C[C@H]1O[C@H](O[C@H]2[C@H](O)[C@@H](O)[C@@H](OC[C@H]3O[C@@]4(NC(=S)NC4=O)[C@H](O)[C@@H](O)[C@@H]3O)O[C@@H]2CO)[C@H](O)[C@@H](O)[C@@H]1N[C@H]1C=C(CO)[C@H](O)[C@H](O)[C@H]1O. The lowest BCUT2D eigenvalue weighted by atomic mass is 9.86. The van der Waals surface area contributed by atoms with Gasteiger partial charge in [0.2, 0.25) is 0 Å². The van der Waals surface area contributed by atoms with Gasteiger partial charge in [0.25, 0.3) is 11.6 Å². The van der Waals surface area contributed by atoms with Gasteiger partial charge in [-0.25, -0.2) is 0 Å². The van der Waals surface area contributed by atoms with Crippen molar-refractivity contribution in [3.8, 4) is 0 Å². The van der Waals surface area contributed by atoms with E-state index in [-0.39, 0.29) is 10.7 Å². The van der Waals surface area contributed by atoms with Gasteiger partial charge in [0.05, 0.1) is 38.0 Å². The third-order valence-electron chi connectivity index (χ3n) is 9.44. The van der Waals surface area contributed by atoms with Crippen LogP contribution in [0.25, 0.3) is 0 Å². The van der Waals surface area contributed by atoms with E-state index in [4.69, 9.17) is 35.9 Å². The van der Waals surface area contributed by atoms with Crippen molar-refractivity contribution in [3.63, 3.8) is 0 Å². The van der Waals surface area contributed by atoms with E-state index in [0.29, 0.717) is 0 Å². The molecule has 22 heteroatoms. The highest BCUT2D eigenvalue weighted by Crippen LogP contribution is 2.33. The third kappa shape index (κ3) is 7.11. The molecule has 49 heavy (non-hydrogen) atoms. The highest BCUT2D eigenvalue weighted by Gasteiger charge is 2.61. The summed E-state index contributed by atoms with van der Waals surface area (Å²) >= 11 is 4.88. The summed E-state index contributed by atoms with van der Waals surface area (Å²) in [5.74, 6) is -0.947. The van der Waals surface area contributed by atoms with E-state index >= 15 is 0 Å². The molecule has 0 aromatic carbocycles. The van der Waals surface area contributed by atoms with Gasteiger partial charge in [-0.05, 0) is 24.7 Å². The molecule has 15 N–H and O–H groups in total. The Morgan fingerprint density at radius 1 is 0.857 bits per heavy atom. The second-order valence-corrected chi connectivity index (χ2v) is 13.0. The van der Waals surface area contributed by atoms with Gasteiger partial charge in [0.1, 0.15) is 79.4 Å². The van der Waals surface area contributed by atoms with Gasteiger partial charge in [0.15, 0.2) is 17.7 Å². The Labute approximate surface area is 283 Å². The van der Waals surface area contributed by atoms with Crippen LogP contribution in [0.3, 0.4) is 0 Å². The summed E-state index contributed by atoms with van der Waals surface area (Å²) in [6.07, 6.45) is -25.3. The van der Waals surface area contributed by atoms with Gasteiger partial charge in [-0.2, -0.15) is 0 Å². The van der Waals surface area contributed by atoms with Crippen molar-refractivity contribution in [1.29, 1.82) is 0 Å². The van der Waals surface area contributed by atoms with Crippen LogP contribution in [0.4, 0.5) is 0 Å². The summed E-state index contributed by atoms with van der Waals surface area (Å²) in [4.78, 5) is 12.5. The van der Waals surface area contributed by atoms with Gasteiger partial charge < -0.3 is 95.6 Å². The Morgan fingerprint density at radius 2 is 1.53 bits per heavy atom. The van der Waals surface area contributed by atoms with E-state index in [1.54, 1.807) is 0 Å². The number of thiocarbonyl (C=S) groups is 1. The Bertz CT molecular complexity index is 1240. The molecule has 4 saturated heterocycles. The molecule has 1 aliphatic carbocycles. The molecule has 19 atom stereocenters. The molecule has 4 fully saturated rings. The number of aliphatic hydroxyl groups excluding tert-OH is 12. The Kier molecular flexibility index (Phi) is 11.9. The van der Waals surface area contributed by atoms with Crippen molar-refractivity contribution in [2.45, 2.75) is 123 Å². The minimum absolute atomic E-state index is 0.0173. The zero-order chi connectivity index (χ0) is 36.1. The van der Waals surface area contributed by atoms with E-state index in [0.717, 1.165) is 0 Å². The maximum absolute atomic E-state index is 12.5. The lowest BCUT2D eigenvalue weighted by Crippen LogP contribution is -2.72. The van der Waals surface area contributed by atoms with Crippen LogP contribution >= 0.6 is 12.2 Å². The predicted octanol–water partition coefficient (Wildman–Crippen LogP) is -9.18. The van der Waals surface area contributed by atoms with E-state index < -0.39 is 142 Å². The summed E-state index contributed by atoms with van der Waals surface area (Å²) in [5, 5.41) is 132. The van der Waals surface area contributed by atoms with Crippen LogP contribution in [0.15, 0.2) is 11.6 Å². The van der Waals surface area contributed by atoms with Crippen molar-refractivity contribution in [2.75, 3.05) is 19.8 Å². The molecule has 0 aromatic heterocycles. The van der Waals surface area contributed by atoms with Gasteiger partial charge in [0, 0.05) is 0 Å². The standard InChI is InChI=1S/C27H43N3O18S/c1-6-11(28-8-2-7(3-31)12(33)16(37)13(8)34)15(36)19(40)24(45-6)47-21-9(4-32)46-23(20(41)17(21)38)44-5-10-14(35)18(39)22(42)27(48-10)25(43)29-26(49)30-27/h2,6,8-24,28,31-42H,3-5H2,1H3,(H2,29,30,43,49)/t6-,8+,9-,10-,11-,12+,13+,14-,15+,16+,17-,18+,19-,20-,21-,22-,23+,24-,27+/m1/s1. The lowest BCUT2D eigenvalue weighted by Gasteiger charge is -2.48. The van der Waals surface area contributed by atoms with Crippen LogP contribution in [-0.4, -0.2) is 208 Å². The van der Waals surface area contributed by atoms with Gasteiger partial charge in [-0.15, -0.1) is 0 Å². The first-order valence-electron chi connectivity index (χ1n) is 15.4. The topological polar surface area (TPSA) is 342 Å². The van der Waals surface area contributed by atoms with Crippen molar-refractivity contribution in [2.24, 2.45) is 0 Å². The normalized spacial score (nSPS) is 50.6. The molecular weight excluding hydrogens is 686 g/mol. The second-order valence-electron chi connectivity index (χ2n) is 12.6. The molecule has 0 aromatic rings. The minimum Gasteiger partial charge on any atom is -0.394 e. The number of amides is 1. The summed E-state index contributed by atoms with van der Waals surface area (Å²) in [7, 11) is 0. The van der Waals surface area contributed by atoms with Gasteiger partial charge >= 0.3 is 0 Å². The van der Waals surface area contributed by atoms with Crippen LogP contribution in [0.1, 0.15) is 6.92 Å². The lowest BCUT2D eigenvalue weighted by molar-refractivity contribution is -0.355. The van der Waals surface area contributed by atoms with Crippen LogP contribution in [0, 0.1) is 0 Å². The molecule has 4 aliphatic heterocycles. The maximum atomic E-state index is 12.5. The number of hydrogen-bond acceptors (Lipinski definition) is 20. The van der Waals surface area contributed by atoms with E-state index in [2.05, 4.69) is 16.0 Å². The second kappa shape index (κ2) is 15.2. The van der Waals surface area contributed by atoms with Crippen LogP contribution < -0.4 is 16.0 Å². The fourth-order valence-corrected chi connectivity index (χ4v) is 6.79. The van der Waals surface area contributed by atoms with E-state index in [1.807, 2.05) is 0 Å². The molecule has 0 saturated carbocycles. The van der Waals surface area contributed by atoms with Crippen LogP contribution in [-0.2, 0) is 28.5 Å². The van der Waals surface area contributed by atoms with Crippen molar-refractivity contribution in [3.05, 3.63) is 11.6 Å². The average Bonchev–Trinajstić information content (AvgIpc) is 3.36. The first-order chi connectivity index (χ1) is 23.1. The maximum Gasteiger partial charge on any atom is 0.282 e. The zero-order valence-electron chi connectivity index (χ0n) is 25.8. The first kappa shape index (κ1) is 38.6. The molecule has 5 aliphatic rings. The van der Waals surface area contributed by atoms with Crippen molar-refractivity contribution >= 4 is 23.2 Å². The molecule has 5 rings (SSSR count). The quantitative estimate of drug-likeness (QED) is 0.0773. The molecule has 1 amide bonds. The fourth-order valence-electron chi connectivity index (χ4n) is 6.54.